The third kappa shape index (κ3) is 4.21. The first-order valence-corrected chi connectivity index (χ1v) is 14.4. The van der Waals surface area contributed by atoms with Crippen LogP contribution in [0.5, 0.6) is 11.8 Å². The molecule has 3 aliphatic rings. The molecule has 0 atom stereocenters. The monoisotopic (exact) mass is 565 g/mol. The van der Waals surface area contributed by atoms with E-state index >= 15 is 4.39 Å². The Morgan fingerprint density at radius 1 is 0.975 bits per heavy atom. The summed E-state index contributed by atoms with van der Waals surface area (Å²) in [6.07, 6.45) is 9.17. The summed E-state index contributed by atoms with van der Waals surface area (Å²) in [5.74, 6) is -0.837. The number of pyridine rings is 1. The Morgan fingerprint density at radius 3 is 2.52 bits per heavy atom. The Balaban J connectivity index is 1.37. The number of rotatable bonds is 5. The van der Waals surface area contributed by atoms with Crippen LogP contribution in [0, 0.1) is 11.6 Å². The lowest BCUT2D eigenvalue weighted by molar-refractivity contribution is 0.108. The summed E-state index contributed by atoms with van der Waals surface area (Å²) in [6, 6.07) is 5.66. The Morgan fingerprint density at radius 2 is 1.75 bits per heavy atom. The number of benzene rings is 2. The lowest BCUT2D eigenvalue weighted by atomic mass is 9.95. The number of phenolic OH excluding ortho intramolecular Hbond substituents is 1. The van der Waals surface area contributed by atoms with Crippen LogP contribution in [0.25, 0.3) is 32.9 Å². The van der Waals surface area contributed by atoms with Crippen molar-refractivity contribution in [3.63, 3.8) is 0 Å². The fraction of sp³-hybridized carbons (Fsp3) is 0.433. The van der Waals surface area contributed by atoms with E-state index in [1.807, 2.05) is 0 Å². The van der Waals surface area contributed by atoms with Crippen LogP contribution in [-0.4, -0.2) is 63.3 Å². The molecule has 7 nitrogen and oxygen atoms in total. The van der Waals surface area contributed by atoms with Gasteiger partial charge in [0, 0.05) is 30.2 Å². The fourth-order valence-electron chi connectivity index (χ4n) is 6.85. The number of hydrogen-bond acceptors (Lipinski definition) is 7. The van der Waals surface area contributed by atoms with Crippen LogP contribution in [0.3, 0.4) is 0 Å². The molecule has 0 radical (unpaired) electrons. The number of hydrogen-bond donors (Lipinski definition) is 1. The van der Waals surface area contributed by atoms with Gasteiger partial charge in [-0.3, -0.25) is 9.88 Å². The lowest BCUT2D eigenvalue weighted by Gasteiger charge is -2.32. The molecule has 0 aliphatic carbocycles. The zero-order valence-electron chi connectivity index (χ0n) is 22.1. The average Bonchev–Trinajstić information content (AvgIpc) is 3.55. The molecule has 3 aliphatic heterocycles. The Kier molecular flexibility index (Phi) is 6.39. The number of aromatic nitrogens is 3. The lowest BCUT2D eigenvalue weighted by Crippen LogP contribution is -2.43. The van der Waals surface area contributed by atoms with Gasteiger partial charge in [0.1, 0.15) is 35.2 Å². The number of anilines is 1. The predicted octanol–water partition coefficient (Wildman–Crippen LogP) is 6.48. The van der Waals surface area contributed by atoms with Gasteiger partial charge in [-0.05, 0) is 81.6 Å². The molecule has 10 heteroatoms. The van der Waals surface area contributed by atoms with Crippen LogP contribution in [0.15, 0.2) is 30.5 Å². The van der Waals surface area contributed by atoms with Gasteiger partial charge in [0.05, 0.1) is 15.9 Å². The molecule has 2 aromatic carbocycles. The molecule has 4 aromatic rings. The summed E-state index contributed by atoms with van der Waals surface area (Å²) in [7, 11) is 0. The zero-order valence-corrected chi connectivity index (χ0v) is 22.9. The molecule has 2 aromatic heterocycles. The summed E-state index contributed by atoms with van der Waals surface area (Å²) in [5.41, 5.74) is 0.177. The molecule has 208 valence electrons. The van der Waals surface area contributed by atoms with Gasteiger partial charge in [-0.15, -0.1) is 0 Å². The third-order valence-electron chi connectivity index (χ3n) is 8.83. The first-order chi connectivity index (χ1) is 19.4. The molecular weight excluding hydrogens is 536 g/mol. The van der Waals surface area contributed by atoms with E-state index in [1.165, 1.54) is 24.3 Å². The molecule has 0 amide bonds. The number of aromatic hydroxyl groups is 1. The van der Waals surface area contributed by atoms with Gasteiger partial charge in [-0.25, -0.2) is 8.78 Å². The Bertz CT molecular complexity index is 1620. The van der Waals surface area contributed by atoms with Gasteiger partial charge >= 0.3 is 6.01 Å². The van der Waals surface area contributed by atoms with E-state index in [1.54, 1.807) is 6.20 Å². The fourth-order valence-corrected chi connectivity index (χ4v) is 7.12. The molecule has 5 heterocycles. The predicted molar refractivity (Wildman–Crippen MR) is 151 cm³/mol. The van der Waals surface area contributed by atoms with Crippen molar-refractivity contribution < 1.29 is 18.6 Å². The minimum absolute atomic E-state index is 0.00709. The summed E-state index contributed by atoms with van der Waals surface area (Å²) in [6.45, 7) is 4.22. The van der Waals surface area contributed by atoms with Gasteiger partial charge < -0.3 is 14.7 Å². The van der Waals surface area contributed by atoms with Crippen molar-refractivity contribution in [2.24, 2.45) is 0 Å². The molecule has 0 bridgehead atoms. The molecule has 0 saturated carbocycles. The normalized spacial score (nSPS) is 19.0. The maximum atomic E-state index is 16.5. The molecule has 1 N–H and O–H groups in total. The molecule has 0 spiro atoms. The largest absolute Gasteiger partial charge is 0.508 e. The highest BCUT2D eigenvalue weighted by Crippen LogP contribution is 2.42. The smallest absolute Gasteiger partial charge is 0.319 e. The summed E-state index contributed by atoms with van der Waals surface area (Å²) >= 11 is 6.34. The maximum absolute atomic E-state index is 16.5. The van der Waals surface area contributed by atoms with Crippen molar-refractivity contribution in [2.75, 3.05) is 37.7 Å². The van der Waals surface area contributed by atoms with Crippen LogP contribution in [-0.2, 0) is 0 Å². The second-order valence-electron chi connectivity index (χ2n) is 11.2. The van der Waals surface area contributed by atoms with Crippen molar-refractivity contribution >= 4 is 39.1 Å². The number of fused-ring (bicyclic) bond motifs is 3. The van der Waals surface area contributed by atoms with E-state index in [-0.39, 0.29) is 44.5 Å². The zero-order chi connectivity index (χ0) is 27.4. The third-order valence-corrected chi connectivity index (χ3v) is 9.20. The van der Waals surface area contributed by atoms with Crippen LogP contribution in [0.4, 0.5) is 14.6 Å². The van der Waals surface area contributed by atoms with E-state index < -0.39 is 11.6 Å². The number of nitrogens with zero attached hydrogens (tertiary/aromatic N) is 5. The Hall–Kier alpha value is -3.30. The second kappa shape index (κ2) is 9.96. The standard InChI is InChI=1S/C30H30ClF2N5O2/c31-24-22(32)7-6-18-14-19(39)15-20(23(18)24)26-25(33)27-21(16-34-26)28(37-10-2-1-3-11-37)36-29(35-27)40-17-30-8-4-12-38(30)13-5-9-30/h6-7,14-16,39H,1-5,8-13,17H2. The number of halogens is 3. The number of ether oxygens (including phenoxy) is 1. The number of piperidine rings is 1. The van der Waals surface area contributed by atoms with Crippen molar-refractivity contribution in [1.82, 2.24) is 19.9 Å². The molecule has 40 heavy (non-hydrogen) atoms. The average molecular weight is 566 g/mol. The first kappa shape index (κ1) is 25.7. The summed E-state index contributed by atoms with van der Waals surface area (Å²) in [4.78, 5) is 18.5. The molecule has 3 saturated heterocycles. The summed E-state index contributed by atoms with van der Waals surface area (Å²) in [5, 5.41) is 11.5. The van der Waals surface area contributed by atoms with E-state index in [2.05, 4.69) is 19.8 Å². The van der Waals surface area contributed by atoms with Gasteiger partial charge in [0.15, 0.2) is 5.82 Å². The molecule has 0 unspecified atom stereocenters. The Labute approximate surface area is 235 Å². The van der Waals surface area contributed by atoms with E-state index in [4.69, 9.17) is 21.3 Å². The van der Waals surface area contributed by atoms with Gasteiger partial charge in [-0.1, -0.05) is 17.7 Å². The number of phenols is 1. The van der Waals surface area contributed by atoms with Crippen molar-refractivity contribution in [2.45, 2.75) is 50.5 Å². The van der Waals surface area contributed by atoms with Gasteiger partial charge in [0.25, 0.3) is 0 Å². The molecule has 7 rings (SSSR count). The van der Waals surface area contributed by atoms with Crippen molar-refractivity contribution in [3.05, 3.63) is 47.1 Å². The summed E-state index contributed by atoms with van der Waals surface area (Å²) < 4.78 is 37.2. The van der Waals surface area contributed by atoms with Crippen LogP contribution < -0.4 is 9.64 Å². The molecular formula is C30H30ClF2N5O2. The minimum atomic E-state index is -0.697. The first-order valence-electron chi connectivity index (χ1n) is 14.0. The van der Waals surface area contributed by atoms with Gasteiger partial charge in [0.2, 0.25) is 0 Å². The molecule has 3 fully saturated rings. The van der Waals surface area contributed by atoms with Gasteiger partial charge in [-0.2, -0.15) is 9.97 Å². The highest BCUT2D eigenvalue weighted by molar-refractivity contribution is 6.37. The second-order valence-corrected chi connectivity index (χ2v) is 11.6. The highest BCUT2D eigenvalue weighted by Gasteiger charge is 2.45. The van der Waals surface area contributed by atoms with E-state index in [0.29, 0.717) is 23.2 Å². The van der Waals surface area contributed by atoms with Crippen molar-refractivity contribution in [1.29, 1.82) is 0 Å². The van der Waals surface area contributed by atoms with Crippen LogP contribution >= 0.6 is 11.6 Å². The minimum Gasteiger partial charge on any atom is -0.508 e. The van der Waals surface area contributed by atoms with Crippen LogP contribution in [0.2, 0.25) is 5.02 Å². The highest BCUT2D eigenvalue weighted by atomic mass is 35.5. The van der Waals surface area contributed by atoms with E-state index in [9.17, 15) is 9.50 Å². The van der Waals surface area contributed by atoms with E-state index in [0.717, 1.165) is 71.1 Å². The quantitative estimate of drug-likeness (QED) is 0.297. The SMILES string of the molecule is Oc1cc(-c2ncc3c(N4CCCCC4)nc(OCC45CCCN4CCC5)nc3c2F)c2c(Cl)c(F)ccc2c1. The van der Waals surface area contributed by atoms with Crippen LogP contribution in [0.1, 0.15) is 44.9 Å². The van der Waals surface area contributed by atoms with Crippen molar-refractivity contribution in [3.8, 4) is 23.0 Å². The maximum Gasteiger partial charge on any atom is 0.319 e. The topological polar surface area (TPSA) is 74.6 Å².